The van der Waals surface area contributed by atoms with Gasteiger partial charge in [-0.3, -0.25) is 19.8 Å². The van der Waals surface area contributed by atoms with Gasteiger partial charge in [0.2, 0.25) is 0 Å². The number of fused-ring (bicyclic) bond motifs is 1. The third-order valence-electron chi connectivity index (χ3n) is 13.0. The van der Waals surface area contributed by atoms with Crippen LogP contribution in [0.15, 0.2) is 125 Å². The van der Waals surface area contributed by atoms with Crippen LogP contribution < -0.4 is 20.3 Å². The quantitative estimate of drug-likeness (QED) is 0.0229. The minimum absolute atomic E-state index is 0.113. The molecule has 1 fully saturated rings. The topological polar surface area (TPSA) is 147 Å². The van der Waals surface area contributed by atoms with E-state index in [1.165, 1.54) is 28.5 Å². The molecule has 21 heteroatoms. The van der Waals surface area contributed by atoms with Crippen molar-refractivity contribution in [3.05, 3.63) is 152 Å². The van der Waals surface area contributed by atoms with E-state index in [1.807, 2.05) is 84.8 Å². The Morgan fingerprint density at radius 1 is 0.756 bits per heavy atom. The molecule has 0 amide bonds. The number of likely N-dealkylation sites (N-methyl/N-ethyl adjacent to an activating group) is 2. The smallest absolute Gasteiger partial charge is 0.187 e. The molecule has 17 nitrogen and oxygen atoms in total. The Kier molecular flexibility index (Phi) is 24.2. The van der Waals surface area contributed by atoms with E-state index in [0.717, 1.165) is 106 Å². The number of halogens is 3. The minimum Gasteiger partial charge on any atom is -0.492 e. The maximum atomic E-state index is 6.27. The maximum Gasteiger partial charge on any atom is 0.187 e. The summed E-state index contributed by atoms with van der Waals surface area (Å²) in [7, 11) is 4.07. The predicted molar refractivity (Wildman–Crippen MR) is 313 cm³/mol. The monoisotopic (exact) mass is 1190 g/mol. The summed E-state index contributed by atoms with van der Waals surface area (Å²) in [5.74, 6) is 3.87. The molecular weight excluding hydrogens is 1120 g/mol. The number of hydrogen-bond donors (Lipinski definition) is 2. The van der Waals surface area contributed by atoms with Crippen molar-refractivity contribution in [3.63, 3.8) is 0 Å². The lowest BCUT2D eigenvalue weighted by Crippen LogP contribution is -2.47. The van der Waals surface area contributed by atoms with Gasteiger partial charge in [-0.15, -0.1) is 5.53 Å². The zero-order valence-corrected chi connectivity index (χ0v) is 48.7. The second-order valence-corrected chi connectivity index (χ2v) is 21.7. The van der Waals surface area contributed by atoms with E-state index in [2.05, 4.69) is 94.9 Å². The molecule has 418 valence electrons. The molecule has 78 heavy (non-hydrogen) atoms. The first-order valence-electron chi connectivity index (χ1n) is 26.5. The molecule has 2 aliphatic rings. The second kappa shape index (κ2) is 31.8. The lowest BCUT2D eigenvalue weighted by molar-refractivity contribution is -0.00628. The number of aryl methyl sites for hydroxylation is 1. The van der Waals surface area contributed by atoms with E-state index in [1.54, 1.807) is 12.4 Å². The summed E-state index contributed by atoms with van der Waals surface area (Å²) < 4.78 is 35.8. The first-order valence-corrected chi connectivity index (χ1v) is 29.1. The summed E-state index contributed by atoms with van der Waals surface area (Å²) >= 11 is 17.6. The fourth-order valence-corrected chi connectivity index (χ4v) is 10.3. The summed E-state index contributed by atoms with van der Waals surface area (Å²) in [4.78, 5) is 26.2. The molecule has 0 aliphatic carbocycles. The van der Waals surface area contributed by atoms with Crippen LogP contribution >= 0.6 is 50.9 Å². The van der Waals surface area contributed by atoms with E-state index >= 15 is 0 Å². The average Bonchev–Trinajstić information content (AvgIpc) is 3.82. The van der Waals surface area contributed by atoms with Crippen LogP contribution in [0.25, 0.3) is 10.9 Å². The van der Waals surface area contributed by atoms with Crippen molar-refractivity contribution < 1.29 is 28.4 Å². The van der Waals surface area contributed by atoms with Crippen LogP contribution in [0.3, 0.4) is 0 Å². The van der Waals surface area contributed by atoms with Gasteiger partial charge in [0.05, 0.1) is 107 Å². The van der Waals surface area contributed by atoms with Crippen LogP contribution in [0.5, 0.6) is 11.5 Å². The zero-order valence-electron chi connectivity index (χ0n) is 44.8. The van der Waals surface area contributed by atoms with Gasteiger partial charge in [0, 0.05) is 73.7 Å². The summed E-state index contributed by atoms with van der Waals surface area (Å²) in [6.45, 7) is 14.8. The molecule has 6 aromatic rings. The number of hydrazine groups is 2. The van der Waals surface area contributed by atoms with E-state index < -0.39 is 0 Å². The Morgan fingerprint density at radius 3 is 2.09 bits per heavy atom. The van der Waals surface area contributed by atoms with Gasteiger partial charge >= 0.3 is 0 Å². The first-order chi connectivity index (χ1) is 38.1. The van der Waals surface area contributed by atoms with Gasteiger partial charge in [0.25, 0.3) is 0 Å². The van der Waals surface area contributed by atoms with Crippen LogP contribution in [-0.4, -0.2) is 183 Å². The first kappa shape index (κ1) is 59.3. The number of rotatable bonds is 33. The zero-order chi connectivity index (χ0) is 54.3. The lowest BCUT2D eigenvalue weighted by Gasteiger charge is -2.39. The van der Waals surface area contributed by atoms with Gasteiger partial charge in [-0.25, -0.2) is 19.9 Å². The van der Waals surface area contributed by atoms with Crippen LogP contribution in [0.2, 0.25) is 10.0 Å². The minimum atomic E-state index is 0.113. The number of nitrogens with one attached hydrogen (secondary N) is 2. The Labute approximate surface area is 481 Å². The number of hydrogen-bond acceptors (Lipinski definition) is 18. The van der Waals surface area contributed by atoms with Gasteiger partial charge in [0.15, 0.2) is 10.9 Å². The molecule has 0 bridgehead atoms. The molecule has 8 rings (SSSR count). The number of nitrogens with zero attached hydrogens (tertiary/aromatic N) is 9. The number of ether oxygens (including phenoxy) is 6. The third kappa shape index (κ3) is 19.2. The molecule has 0 atom stereocenters. The van der Waals surface area contributed by atoms with E-state index in [4.69, 9.17) is 61.6 Å². The molecule has 0 saturated carbocycles. The van der Waals surface area contributed by atoms with Crippen molar-refractivity contribution in [1.82, 2.24) is 50.2 Å². The van der Waals surface area contributed by atoms with Crippen molar-refractivity contribution in [2.24, 2.45) is 0 Å². The molecule has 0 unspecified atom stereocenters. The number of aromatic nitrogens is 4. The van der Waals surface area contributed by atoms with E-state index in [-0.39, 0.29) is 6.04 Å². The average molecular weight is 1190 g/mol. The lowest BCUT2D eigenvalue weighted by atomic mass is 9.96. The maximum absolute atomic E-state index is 6.27. The molecular formula is C57H72BrCl2N11O6S. The number of thioether (sulfide) groups is 1. The highest BCUT2D eigenvalue weighted by molar-refractivity contribution is 9.10. The summed E-state index contributed by atoms with van der Waals surface area (Å²) in [5.41, 5.74) is 8.80. The van der Waals surface area contributed by atoms with Gasteiger partial charge in [0.1, 0.15) is 24.0 Å². The normalized spacial score (nSPS) is 14.3. The summed E-state index contributed by atoms with van der Waals surface area (Å²) in [6.07, 6.45) is 6.35. The van der Waals surface area contributed by atoms with Crippen molar-refractivity contribution in [2.75, 3.05) is 144 Å². The van der Waals surface area contributed by atoms with Crippen molar-refractivity contribution in [1.29, 1.82) is 0 Å². The predicted octanol–water partition coefficient (Wildman–Crippen LogP) is 9.26. The third-order valence-corrected chi connectivity index (χ3v) is 15.0. The Hall–Kier alpha value is -4.87. The largest absolute Gasteiger partial charge is 0.492 e. The summed E-state index contributed by atoms with van der Waals surface area (Å²) in [5, 5.41) is 10.7. The van der Waals surface area contributed by atoms with Crippen LogP contribution in [0, 0.1) is 6.92 Å². The van der Waals surface area contributed by atoms with Crippen LogP contribution in [0.1, 0.15) is 35.0 Å². The fraction of sp³-hybridized carbons (Fsp3) is 0.439. The molecule has 4 heterocycles. The van der Waals surface area contributed by atoms with Crippen LogP contribution in [0.4, 0.5) is 5.82 Å². The standard InChI is InChI=1S/C57H72BrCl2N11O6S/c1-43-9-18-53(51(58)37-43)76-35-36-78-57-62-38-49(39-63-57)77-42-48-40-71(66-68(48)3)26-28-73-30-32-75-34-33-74-31-29-72-27-25-67(2)20-6-19-61-56-50-7-4-5-8-52(50)64-54(65-56)41-69-21-23-70(24-22-69)55(44-10-14-46(59)15-11-44)45-12-16-47(60)17-13-45/h4-5,7-18,37-40,55,66H,6,19-36,41-42H2,1-3H3,(H,61,64,65). The van der Waals surface area contributed by atoms with Crippen molar-refractivity contribution >= 4 is 67.6 Å². The molecule has 2 N–H and O–H groups in total. The van der Waals surface area contributed by atoms with Gasteiger partial charge < -0.3 is 38.6 Å². The molecule has 0 spiro atoms. The highest BCUT2D eigenvalue weighted by Crippen LogP contribution is 2.32. The Bertz CT molecular complexity index is 2720. The van der Waals surface area contributed by atoms with E-state index in [9.17, 15) is 0 Å². The second-order valence-electron chi connectivity index (χ2n) is 19.0. The van der Waals surface area contributed by atoms with Crippen LogP contribution in [-0.2, 0) is 25.5 Å². The van der Waals surface area contributed by atoms with Crippen molar-refractivity contribution in [3.8, 4) is 11.5 Å². The highest BCUT2D eigenvalue weighted by Gasteiger charge is 2.27. The molecule has 4 aromatic carbocycles. The fourth-order valence-electron chi connectivity index (χ4n) is 8.85. The number of anilines is 1. The Balaban J connectivity index is 0.617. The summed E-state index contributed by atoms with van der Waals surface area (Å²) in [6, 6.07) is 30.8. The highest BCUT2D eigenvalue weighted by atomic mass is 79.9. The number of benzene rings is 4. The number of para-hydroxylation sites is 1. The van der Waals surface area contributed by atoms with Crippen molar-refractivity contribution in [2.45, 2.75) is 31.1 Å². The molecule has 1 saturated heterocycles. The Morgan fingerprint density at radius 2 is 1.41 bits per heavy atom. The van der Waals surface area contributed by atoms with E-state index in [0.29, 0.717) is 90.1 Å². The SMILES string of the molecule is Cc1ccc(OCCSc2ncc(OCC3=CN(CCOCCOCCOCCOCCN(C)CCCNc4nc(CN5CCN(C(c6ccc(Cl)cc6)c6ccc(Cl)cc6)CC5)nc5ccccc45)NN3C)cn2)c(Br)c1. The number of piperazine rings is 1. The molecule has 2 aromatic heterocycles. The van der Waals surface area contributed by atoms with Gasteiger partial charge in [-0.2, -0.15) is 0 Å². The van der Waals surface area contributed by atoms with Gasteiger partial charge in [-0.1, -0.05) is 77.4 Å². The molecule has 0 radical (unpaired) electrons. The van der Waals surface area contributed by atoms with Gasteiger partial charge in [-0.05, 0) is 108 Å². The molecule has 2 aliphatic heterocycles.